The number of carbonyl (C=O) groups excluding carboxylic acids is 1. The normalized spacial score (nSPS) is 16.7. The van der Waals surface area contributed by atoms with Gasteiger partial charge in [-0.05, 0) is 29.5 Å². The van der Waals surface area contributed by atoms with Crippen LogP contribution in [0.4, 0.5) is 0 Å². The zero-order valence-corrected chi connectivity index (χ0v) is 16.0. The van der Waals surface area contributed by atoms with Gasteiger partial charge >= 0.3 is 5.97 Å². The van der Waals surface area contributed by atoms with Crippen LogP contribution in [0.25, 0.3) is 11.1 Å². The van der Waals surface area contributed by atoms with E-state index in [1.54, 1.807) is 6.20 Å². The van der Waals surface area contributed by atoms with E-state index in [1.165, 1.54) is 0 Å². The Bertz CT molecular complexity index is 795. The van der Waals surface area contributed by atoms with Crippen molar-refractivity contribution in [1.82, 2.24) is 4.98 Å². The largest absolute Gasteiger partial charge is 0.464 e. The smallest absolute Gasteiger partial charge is 0.324 e. The minimum absolute atomic E-state index is 0.356. The third-order valence-electron chi connectivity index (χ3n) is 5.45. The van der Waals surface area contributed by atoms with Crippen molar-refractivity contribution in [2.45, 2.75) is 45.4 Å². The molecule has 3 atom stereocenters. The van der Waals surface area contributed by atoms with Crippen molar-refractivity contribution in [3.8, 4) is 17.2 Å². The maximum atomic E-state index is 12.8. The Labute approximate surface area is 161 Å². The van der Waals surface area contributed by atoms with Gasteiger partial charge in [-0.2, -0.15) is 5.26 Å². The molecule has 0 amide bonds. The maximum Gasteiger partial charge on any atom is 0.324 e. The van der Waals surface area contributed by atoms with Crippen LogP contribution in [0.15, 0.2) is 42.6 Å². The summed E-state index contributed by atoms with van der Waals surface area (Å²) in [6.45, 7) is 4.66. The lowest BCUT2D eigenvalue weighted by molar-refractivity contribution is -0.148. The lowest BCUT2D eigenvalue weighted by Gasteiger charge is -2.20. The minimum atomic E-state index is -0.883. The highest BCUT2D eigenvalue weighted by Gasteiger charge is 2.40. The molecule has 1 aliphatic rings. The molecule has 0 spiro atoms. The van der Waals surface area contributed by atoms with Crippen molar-refractivity contribution in [1.29, 1.82) is 5.26 Å². The number of rotatable bonds is 8. The molecule has 140 valence electrons. The van der Waals surface area contributed by atoms with Crippen molar-refractivity contribution in [3.63, 3.8) is 0 Å². The van der Waals surface area contributed by atoms with Crippen LogP contribution < -0.4 is 0 Å². The molecule has 4 nitrogen and oxygen atoms in total. The number of fused-ring (bicyclic) bond motifs is 3. The van der Waals surface area contributed by atoms with Crippen molar-refractivity contribution in [2.75, 3.05) is 6.61 Å². The van der Waals surface area contributed by atoms with Gasteiger partial charge in [0.25, 0.3) is 0 Å². The van der Waals surface area contributed by atoms with Gasteiger partial charge in [-0.25, -0.2) is 0 Å². The molecule has 0 saturated heterocycles. The number of aromatic nitrogens is 1. The van der Waals surface area contributed by atoms with Gasteiger partial charge in [0.05, 0.1) is 24.3 Å². The van der Waals surface area contributed by atoms with Gasteiger partial charge in [-0.3, -0.25) is 9.78 Å². The van der Waals surface area contributed by atoms with E-state index in [0.717, 1.165) is 48.1 Å². The molecule has 0 bridgehead atoms. The van der Waals surface area contributed by atoms with Gasteiger partial charge in [-0.1, -0.05) is 63.4 Å². The molecule has 3 rings (SSSR count). The number of nitriles is 1. The quantitative estimate of drug-likeness (QED) is 0.613. The number of benzene rings is 1. The summed E-state index contributed by atoms with van der Waals surface area (Å²) in [5.74, 6) is -1.34. The Balaban J connectivity index is 1.81. The molecule has 4 heteroatoms. The number of pyridine rings is 1. The fourth-order valence-corrected chi connectivity index (χ4v) is 3.84. The number of carbonyl (C=O) groups is 1. The summed E-state index contributed by atoms with van der Waals surface area (Å²) in [5, 5.41) is 9.79. The van der Waals surface area contributed by atoms with E-state index in [4.69, 9.17) is 4.74 Å². The number of hydrogen-bond donors (Lipinski definition) is 0. The summed E-state index contributed by atoms with van der Waals surface area (Å²) in [5.41, 5.74) is 3.82. The fourth-order valence-electron chi connectivity index (χ4n) is 3.84. The summed E-state index contributed by atoms with van der Waals surface area (Å²) in [6.07, 6.45) is 6.00. The van der Waals surface area contributed by atoms with Gasteiger partial charge in [0, 0.05) is 11.8 Å². The Kier molecular flexibility index (Phi) is 6.24. The molecular formula is C23H26N2O2. The van der Waals surface area contributed by atoms with Crippen LogP contribution in [0.2, 0.25) is 0 Å². The molecule has 0 aliphatic heterocycles. The molecular weight excluding hydrogens is 336 g/mol. The molecule has 1 aromatic carbocycles. The van der Waals surface area contributed by atoms with Gasteiger partial charge in [-0.15, -0.1) is 0 Å². The lowest BCUT2D eigenvalue weighted by atomic mass is 9.87. The van der Waals surface area contributed by atoms with Crippen LogP contribution in [0.1, 0.15) is 56.7 Å². The van der Waals surface area contributed by atoms with E-state index in [2.05, 4.69) is 24.9 Å². The van der Waals surface area contributed by atoms with E-state index in [9.17, 15) is 10.1 Å². The Morgan fingerprint density at radius 2 is 2.00 bits per heavy atom. The Morgan fingerprint density at radius 1 is 1.22 bits per heavy atom. The summed E-state index contributed by atoms with van der Waals surface area (Å²) in [4.78, 5) is 17.3. The van der Waals surface area contributed by atoms with E-state index in [1.807, 2.05) is 36.4 Å². The minimum Gasteiger partial charge on any atom is -0.464 e. The standard InChI is InChI=1S/C23H26N2O2/c1-3-5-9-16(4-2)15-27-23(26)20(14-24)21-18-11-7-6-10-17(18)19-12-8-13-25-22(19)21/h6-8,10-13,16,20-21H,3-5,9,15H2,1-2H3. The molecule has 1 heterocycles. The van der Waals surface area contributed by atoms with Crippen LogP contribution in [-0.2, 0) is 9.53 Å². The lowest BCUT2D eigenvalue weighted by Crippen LogP contribution is -2.25. The zero-order chi connectivity index (χ0) is 19.2. The summed E-state index contributed by atoms with van der Waals surface area (Å²) in [7, 11) is 0. The van der Waals surface area contributed by atoms with Crippen LogP contribution in [0.3, 0.4) is 0 Å². The Morgan fingerprint density at radius 3 is 2.74 bits per heavy atom. The zero-order valence-electron chi connectivity index (χ0n) is 16.0. The van der Waals surface area contributed by atoms with E-state index in [-0.39, 0.29) is 5.92 Å². The molecule has 2 aromatic rings. The number of hydrogen-bond acceptors (Lipinski definition) is 4. The molecule has 0 saturated carbocycles. The maximum absolute atomic E-state index is 12.8. The topological polar surface area (TPSA) is 63.0 Å². The SMILES string of the molecule is CCCCC(CC)COC(=O)C(C#N)C1c2ccccc2-c2cccnc21. The monoisotopic (exact) mass is 362 g/mol. The molecule has 1 aliphatic carbocycles. The highest BCUT2D eigenvalue weighted by molar-refractivity contribution is 5.84. The van der Waals surface area contributed by atoms with Gasteiger partial charge in [0.1, 0.15) is 0 Å². The first-order valence-electron chi connectivity index (χ1n) is 9.81. The first kappa shape index (κ1) is 19.1. The van der Waals surface area contributed by atoms with E-state index >= 15 is 0 Å². The van der Waals surface area contributed by atoms with Crippen molar-refractivity contribution < 1.29 is 9.53 Å². The predicted octanol–water partition coefficient (Wildman–Crippen LogP) is 5.09. The van der Waals surface area contributed by atoms with Crippen LogP contribution in [0.5, 0.6) is 0 Å². The molecule has 3 unspecified atom stereocenters. The highest BCUT2D eigenvalue weighted by Crippen LogP contribution is 2.47. The first-order chi connectivity index (χ1) is 13.2. The molecule has 27 heavy (non-hydrogen) atoms. The van der Waals surface area contributed by atoms with Crippen molar-refractivity contribution in [2.24, 2.45) is 11.8 Å². The number of ether oxygens (including phenoxy) is 1. The number of esters is 1. The summed E-state index contributed by atoms with van der Waals surface area (Å²) in [6, 6.07) is 14.0. The highest BCUT2D eigenvalue weighted by atomic mass is 16.5. The van der Waals surface area contributed by atoms with E-state index < -0.39 is 11.9 Å². The van der Waals surface area contributed by atoms with Crippen LogP contribution >= 0.6 is 0 Å². The second kappa shape index (κ2) is 8.81. The second-order valence-corrected chi connectivity index (χ2v) is 7.15. The Hall–Kier alpha value is -2.67. The average Bonchev–Trinajstić information content (AvgIpc) is 3.04. The van der Waals surface area contributed by atoms with Crippen molar-refractivity contribution >= 4 is 5.97 Å². The van der Waals surface area contributed by atoms with Crippen molar-refractivity contribution in [3.05, 3.63) is 53.9 Å². The molecule has 0 radical (unpaired) electrons. The van der Waals surface area contributed by atoms with Gasteiger partial charge in [0.15, 0.2) is 5.92 Å². The molecule has 0 N–H and O–H groups in total. The third kappa shape index (κ3) is 3.88. The molecule has 1 aromatic heterocycles. The number of unbranched alkanes of at least 4 members (excludes halogenated alkanes) is 1. The van der Waals surface area contributed by atoms with E-state index in [0.29, 0.717) is 12.5 Å². The van der Waals surface area contributed by atoms with Gasteiger partial charge < -0.3 is 4.74 Å². The third-order valence-corrected chi connectivity index (χ3v) is 5.45. The average molecular weight is 362 g/mol. The predicted molar refractivity (Wildman–Crippen MR) is 105 cm³/mol. The van der Waals surface area contributed by atoms with Crippen LogP contribution in [0, 0.1) is 23.2 Å². The first-order valence-corrected chi connectivity index (χ1v) is 9.81. The summed E-state index contributed by atoms with van der Waals surface area (Å²) < 4.78 is 5.60. The van der Waals surface area contributed by atoms with Gasteiger partial charge in [0.2, 0.25) is 0 Å². The van der Waals surface area contributed by atoms with Crippen LogP contribution in [-0.4, -0.2) is 17.6 Å². The second-order valence-electron chi connectivity index (χ2n) is 7.15. The molecule has 0 fully saturated rings. The fraction of sp³-hybridized carbons (Fsp3) is 0.435. The summed E-state index contributed by atoms with van der Waals surface area (Å²) >= 11 is 0. The number of nitrogens with zero attached hydrogens (tertiary/aromatic N) is 2.